The van der Waals surface area contributed by atoms with Gasteiger partial charge >= 0.3 is 0 Å². The van der Waals surface area contributed by atoms with Crippen LogP contribution in [0.2, 0.25) is 0 Å². The minimum Gasteiger partial charge on any atom is -0.330 e. The van der Waals surface area contributed by atoms with Gasteiger partial charge in [0, 0.05) is 8.47 Å². The lowest BCUT2D eigenvalue weighted by Gasteiger charge is -1.99. The van der Waals surface area contributed by atoms with E-state index in [-0.39, 0.29) is 1.43 Å². The second-order valence-electron chi connectivity index (χ2n) is 3.11. The number of para-hydroxylation sites is 2. The Hall–Kier alpha value is -1.35. The number of benzene rings is 1. The number of imidazole rings is 1. The lowest BCUT2D eigenvalue weighted by Crippen LogP contribution is -2.10. The third kappa shape index (κ3) is 2.36. The molecule has 0 aliphatic rings. The van der Waals surface area contributed by atoms with Gasteiger partial charge in [0.1, 0.15) is 5.82 Å². The summed E-state index contributed by atoms with van der Waals surface area (Å²) in [4.78, 5) is 4.50. The molecule has 2 rings (SSSR count). The van der Waals surface area contributed by atoms with Crippen LogP contribution in [0.3, 0.4) is 0 Å². The van der Waals surface area contributed by atoms with E-state index in [0.717, 1.165) is 17.9 Å². The molecule has 1 aromatic carbocycles. The highest BCUT2D eigenvalue weighted by Gasteiger charge is 2.04. The molecule has 1 N–H and O–H groups in total. The Bertz CT molecular complexity index is 423. The van der Waals surface area contributed by atoms with Gasteiger partial charge in [-0.25, -0.2) is 4.98 Å². The van der Waals surface area contributed by atoms with Gasteiger partial charge in [-0.2, -0.15) is 0 Å². The normalized spacial score (nSPS) is 9.87. The van der Waals surface area contributed by atoms with E-state index in [0.29, 0.717) is 0 Å². The van der Waals surface area contributed by atoms with Crippen LogP contribution < -0.4 is 5.32 Å². The molecule has 0 saturated carbocycles. The van der Waals surface area contributed by atoms with Gasteiger partial charge in [-0.3, -0.25) is 0 Å². The lowest BCUT2D eigenvalue weighted by molar-refractivity contribution is 0.719. The van der Waals surface area contributed by atoms with Crippen molar-refractivity contribution in [2.75, 3.05) is 7.05 Å². The number of fused-ring (bicyclic) bond motifs is 1. The standard InChI is InChI=1S/C10H13N3.C2H6.H2/c1-11-7-10-12-8-5-3-4-6-9(8)13(10)2;1-2;/h3-6,11H,7H2,1-2H3;1-2H3;1H. The quantitative estimate of drug-likeness (QED) is 0.820. The average molecular weight is 207 g/mol. The first-order chi connectivity index (χ1) is 7.33. The molecule has 1 heterocycles. The Morgan fingerprint density at radius 2 is 2.00 bits per heavy atom. The Morgan fingerprint density at radius 1 is 1.33 bits per heavy atom. The van der Waals surface area contributed by atoms with Crippen molar-refractivity contribution in [3.05, 3.63) is 30.1 Å². The minimum atomic E-state index is 0. The summed E-state index contributed by atoms with van der Waals surface area (Å²) in [6.07, 6.45) is 0. The van der Waals surface area contributed by atoms with Gasteiger partial charge in [-0.05, 0) is 19.2 Å². The highest BCUT2D eigenvalue weighted by atomic mass is 15.1. The molecular formula is C12H21N3. The number of nitrogens with zero attached hydrogens (tertiary/aromatic N) is 2. The largest absolute Gasteiger partial charge is 0.330 e. The molecule has 1 aromatic heterocycles. The third-order valence-electron chi connectivity index (χ3n) is 2.21. The molecule has 0 aliphatic carbocycles. The number of rotatable bonds is 2. The summed E-state index contributed by atoms with van der Waals surface area (Å²) in [5.41, 5.74) is 2.25. The van der Waals surface area contributed by atoms with Gasteiger partial charge in [-0.1, -0.05) is 26.0 Å². The van der Waals surface area contributed by atoms with Crippen molar-refractivity contribution in [1.82, 2.24) is 14.9 Å². The van der Waals surface area contributed by atoms with Crippen molar-refractivity contribution in [3.8, 4) is 0 Å². The fourth-order valence-electron chi connectivity index (χ4n) is 1.51. The zero-order valence-corrected chi connectivity index (χ0v) is 9.91. The van der Waals surface area contributed by atoms with E-state index in [2.05, 4.69) is 20.9 Å². The molecule has 0 bridgehead atoms. The van der Waals surface area contributed by atoms with Crippen molar-refractivity contribution in [3.63, 3.8) is 0 Å². The first-order valence-corrected chi connectivity index (χ1v) is 5.38. The molecule has 3 nitrogen and oxygen atoms in total. The van der Waals surface area contributed by atoms with Gasteiger partial charge in [0.15, 0.2) is 0 Å². The summed E-state index contributed by atoms with van der Waals surface area (Å²) in [7, 11) is 3.97. The molecular weight excluding hydrogens is 186 g/mol. The second-order valence-corrected chi connectivity index (χ2v) is 3.11. The maximum Gasteiger partial charge on any atom is 0.123 e. The molecule has 84 valence electrons. The monoisotopic (exact) mass is 207 g/mol. The minimum absolute atomic E-state index is 0. The van der Waals surface area contributed by atoms with Crippen molar-refractivity contribution in [2.45, 2.75) is 20.4 Å². The van der Waals surface area contributed by atoms with E-state index in [9.17, 15) is 0 Å². The lowest BCUT2D eigenvalue weighted by atomic mass is 10.3. The van der Waals surface area contributed by atoms with E-state index in [1.807, 2.05) is 46.1 Å². The van der Waals surface area contributed by atoms with E-state index in [4.69, 9.17) is 0 Å². The number of aryl methyl sites for hydroxylation is 1. The van der Waals surface area contributed by atoms with Crippen molar-refractivity contribution < 1.29 is 1.43 Å². The molecule has 0 spiro atoms. The highest BCUT2D eigenvalue weighted by molar-refractivity contribution is 5.75. The van der Waals surface area contributed by atoms with E-state index < -0.39 is 0 Å². The van der Waals surface area contributed by atoms with Crippen LogP contribution in [-0.2, 0) is 13.6 Å². The summed E-state index contributed by atoms with van der Waals surface area (Å²) in [5, 5.41) is 3.10. The molecule has 0 atom stereocenters. The third-order valence-corrected chi connectivity index (χ3v) is 2.21. The fourth-order valence-corrected chi connectivity index (χ4v) is 1.51. The van der Waals surface area contributed by atoms with Gasteiger partial charge < -0.3 is 9.88 Å². The van der Waals surface area contributed by atoms with Crippen LogP contribution in [-0.4, -0.2) is 16.6 Å². The van der Waals surface area contributed by atoms with Crippen molar-refractivity contribution >= 4 is 11.0 Å². The Kier molecular flexibility index (Phi) is 4.31. The summed E-state index contributed by atoms with van der Waals surface area (Å²) in [6, 6.07) is 8.17. The van der Waals surface area contributed by atoms with Crippen molar-refractivity contribution in [2.24, 2.45) is 7.05 Å². The predicted octanol–water partition coefficient (Wildman–Crippen LogP) is 2.56. The van der Waals surface area contributed by atoms with E-state index in [1.165, 1.54) is 5.52 Å². The second kappa shape index (κ2) is 5.51. The molecule has 0 fully saturated rings. The van der Waals surface area contributed by atoms with Crippen LogP contribution in [0.5, 0.6) is 0 Å². The zero-order valence-electron chi connectivity index (χ0n) is 9.91. The SMILES string of the molecule is CC.CNCc1nc2ccccc2n1C.[HH]. The first kappa shape index (κ1) is 11.7. The predicted molar refractivity (Wildman–Crippen MR) is 66.9 cm³/mol. The maximum absolute atomic E-state index is 4.50. The molecule has 0 saturated heterocycles. The number of hydrogen-bond donors (Lipinski definition) is 1. The van der Waals surface area contributed by atoms with Crippen molar-refractivity contribution in [1.29, 1.82) is 0 Å². The number of nitrogens with one attached hydrogen (secondary N) is 1. The fraction of sp³-hybridized carbons (Fsp3) is 0.417. The first-order valence-electron chi connectivity index (χ1n) is 5.38. The molecule has 2 aromatic rings. The summed E-state index contributed by atoms with van der Waals surface area (Å²) in [6.45, 7) is 4.81. The van der Waals surface area contributed by atoms with Gasteiger partial charge in [0.2, 0.25) is 0 Å². The highest BCUT2D eigenvalue weighted by Crippen LogP contribution is 2.13. The van der Waals surface area contributed by atoms with Crippen LogP contribution in [0.4, 0.5) is 0 Å². The zero-order chi connectivity index (χ0) is 11.3. The Balaban J connectivity index is 0.000000711. The molecule has 0 aliphatic heterocycles. The molecule has 15 heavy (non-hydrogen) atoms. The topological polar surface area (TPSA) is 29.9 Å². The summed E-state index contributed by atoms with van der Waals surface area (Å²) >= 11 is 0. The van der Waals surface area contributed by atoms with Gasteiger partial charge in [0.05, 0.1) is 17.6 Å². The number of aromatic nitrogens is 2. The summed E-state index contributed by atoms with van der Waals surface area (Å²) < 4.78 is 2.12. The number of hydrogen-bond acceptors (Lipinski definition) is 2. The molecule has 0 amide bonds. The van der Waals surface area contributed by atoms with Crippen LogP contribution in [0.1, 0.15) is 21.1 Å². The maximum atomic E-state index is 4.50. The summed E-state index contributed by atoms with van der Waals surface area (Å²) in [5.74, 6) is 1.07. The van der Waals surface area contributed by atoms with Crippen LogP contribution in [0.15, 0.2) is 24.3 Å². The van der Waals surface area contributed by atoms with E-state index in [1.54, 1.807) is 0 Å². The Labute approximate surface area is 92.6 Å². The molecule has 0 unspecified atom stereocenters. The Morgan fingerprint density at radius 3 is 2.60 bits per heavy atom. The molecule has 3 heteroatoms. The van der Waals surface area contributed by atoms with Crippen LogP contribution in [0.25, 0.3) is 11.0 Å². The van der Waals surface area contributed by atoms with E-state index >= 15 is 0 Å². The molecule has 0 radical (unpaired) electrons. The van der Waals surface area contributed by atoms with Crippen LogP contribution in [0, 0.1) is 0 Å². The van der Waals surface area contributed by atoms with Gasteiger partial charge in [-0.15, -0.1) is 0 Å². The average Bonchev–Trinajstić information content (AvgIpc) is 2.60. The smallest absolute Gasteiger partial charge is 0.123 e. The van der Waals surface area contributed by atoms with Crippen LogP contribution >= 0.6 is 0 Å². The van der Waals surface area contributed by atoms with Gasteiger partial charge in [0.25, 0.3) is 0 Å².